The van der Waals surface area contributed by atoms with Crippen molar-refractivity contribution in [3.05, 3.63) is 53.2 Å². The van der Waals surface area contributed by atoms with Crippen LogP contribution < -0.4 is 4.90 Å². The number of benzene rings is 1. The lowest BCUT2D eigenvalue weighted by Gasteiger charge is -2.25. The van der Waals surface area contributed by atoms with Crippen molar-refractivity contribution in [2.45, 2.75) is 32.9 Å². The summed E-state index contributed by atoms with van der Waals surface area (Å²) in [6, 6.07) is 10.9. The van der Waals surface area contributed by atoms with Crippen LogP contribution >= 0.6 is 0 Å². The molecule has 0 radical (unpaired) electrons. The van der Waals surface area contributed by atoms with Crippen LogP contribution in [0.2, 0.25) is 0 Å². The molecule has 0 saturated carbocycles. The van der Waals surface area contributed by atoms with Gasteiger partial charge in [-0.25, -0.2) is 4.98 Å². The van der Waals surface area contributed by atoms with E-state index in [1.807, 2.05) is 6.07 Å². The second-order valence-electron chi connectivity index (χ2n) is 5.19. The first-order valence-corrected chi connectivity index (χ1v) is 6.64. The first-order valence-electron chi connectivity index (χ1n) is 6.64. The summed E-state index contributed by atoms with van der Waals surface area (Å²) in [5, 5.41) is 9.17. The topological polar surface area (TPSA) is 36.4 Å². The summed E-state index contributed by atoms with van der Waals surface area (Å²) in [5.74, 6) is 0.995. The Morgan fingerprint density at radius 3 is 2.89 bits per heavy atom. The number of rotatable bonds is 2. The number of nitrogens with zero attached hydrogens (tertiary/aromatic N) is 2. The Labute approximate surface area is 113 Å². The zero-order valence-electron chi connectivity index (χ0n) is 11.3. The zero-order valence-corrected chi connectivity index (χ0v) is 11.3. The minimum absolute atomic E-state index is 0.0419. The van der Waals surface area contributed by atoms with Crippen LogP contribution in [0.3, 0.4) is 0 Å². The Bertz CT molecular complexity index is 609. The summed E-state index contributed by atoms with van der Waals surface area (Å²) in [7, 11) is 0. The molecule has 1 N–H and O–H groups in total. The fraction of sp³-hybridized carbons (Fsp3) is 0.312. The first-order chi connectivity index (χ1) is 9.20. The highest BCUT2D eigenvalue weighted by Gasteiger charge is 2.28. The molecule has 1 aromatic carbocycles. The molecule has 0 saturated heterocycles. The van der Waals surface area contributed by atoms with Crippen molar-refractivity contribution in [1.82, 2.24) is 4.98 Å². The van der Waals surface area contributed by atoms with Gasteiger partial charge in [0.25, 0.3) is 0 Å². The number of para-hydroxylation sites is 1. The van der Waals surface area contributed by atoms with E-state index in [0.717, 1.165) is 23.4 Å². The van der Waals surface area contributed by atoms with E-state index in [9.17, 15) is 5.11 Å². The molecule has 1 aliphatic rings. The lowest BCUT2D eigenvalue weighted by molar-refractivity contribution is 0.281. The maximum atomic E-state index is 9.17. The van der Waals surface area contributed by atoms with Crippen molar-refractivity contribution < 1.29 is 5.11 Å². The summed E-state index contributed by atoms with van der Waals surface area (Å²) < 4.78 is 0. The van der Waals surface area contributed by atoms with Crippen LogP contribution in [0, 0.1) is 6.92 Å². The van der Waals surface area contributed by atoms with Crippen molar-refractivity contribution in [2.24, 2.45) is 0 Å². The molecule has 3 nitrogen and oxygen atoms in total. The number of anilines is 2. The highest BCUT2D eigenvalue weighted by molar-refractivity contribution is 5.70. The van der Waals surface area contributed by atoms with Gasteiger partial charge in [0.1, 0.15) is 5.82 Å². The van der Waals surface area contributed by atoms with Crippen LogP contribution in [0.1, 0.15) is 23.6 Å². The minimum atomic E-state index is 0.0419. The second kappa shape index (κ2) is 4.67. The summed E-state index contributed by atoms with van der Waals surface area (Å²) >= 11 is 0. The fourth-order valence-corrected chi connectivity index (χ4v) is 2.85. The normalized spacial score (nSPS) is 17.6. The maximum absolute atomic E-state index is 9.17. The van der Waals surface area contributed by atoms with E-state index < -0.39 is 0 Å². The smallest absolute Gasteiger partial charge is 0.136 e. The predicted molar refractivity (Wildman–Crippen MR) is 76.6 cm³/mol. The van der Waals surface area contributed by atoms with Crippen LogP contribution in [0.15, 0.2) is 36.5 Å². The Hall–Kier alpha value is -1.87. The van der Waals surface area contributed by atoms with E-state index in [1.54, 1.807) is 6.20 Å². The minimum Gasteiger partial charge on any atom is -0.392 e. The van der Waals surface area contributed by atoms with E-state index in [-0.39, 0.29) is 6.61 Å². The van der Waals surface area contributed by atoms with Gasteiger partial charge in [-0.1, -0.05) is 18.2 Å². The summed E-state index contributed by atoms with van der Waals surface area (Å²) in [5.41, 5.74) is 4.60. The number of fused-ring (bicyclic) bond motifs is 1. The standard InChI is InChI=1S/C16H18N2O/c1-11-7-13(10-19)9-17-16(11)18-12(2)8-14-5-3-4-6-15(14)18/h3-7,9,12,19H,8,10H2,1-2H3. The van der Waals surface area contributed by atoms with E-state index in [1.165, 1.54) is 11.3 Å². The monoisotopic (exact) mass is 254 g/mol. The van der Waals surface area contributed by atoms with Crippen molar-refractivity contribution in [1.29, 1.82) is 0 Å². The number of pyridine rings is 1. The molecule has 1 unspecified atom stereocenters. The number of hydrogen-bond donors (Lipinski definition) is 1. The molecule has 19 heavy (non-hydrogen) atoms. The molecule has 3 heteroatoms. The average molecular weight is 254 g/mol. The van der Waals surface area contributed by atoms with Crippen molar-refractivity contribution in [2.75, 3.05) is 4.90 Å². The molecule has 0 aliphatic carbocycles. The second-order valence-corrected chi connectivity index (χ2v) is 5.19. The van der Waals surface area contributed by atoms with E-state index in [4.69, 9.17) is 0 Å². The Morgan fingerprint density at radius 1 is 1.37 bits per heavy atom. The van der Waals surface area contributed by atoms with Crippen molar-refractivity contribution >= 4 is 11.5 Å². The molecule has 0 amide bonds. The first kappa shape index (κ1) is 12.2. The van der Waals surface area contributed by atoms with Gasteiger partial charge in [0.05, 0.1) is 6.61 Å². The predicted octanol–water partition coefficient (Wildman–Crippen LogP) is 2.97. The summed E-state index contributed by atoms with van der Waals surface area (Å²) in [4.78, 5) is 6.84. The molecule has 1 atom stereocenters. The fourth-order valence-electron chi connectivity index (χ4n) is 2.85. The van der Waals surface area contributed by atoms with E-state index in [0.29, 0.717) is 6.04 Å². The summed E-state index contributed by atoms with van der Waals surface area (Å²) in [6.45, 7) is 4.32. The zero-order chi connectivity index (χ0) is 13.4. The van der Waals surface area contributed by atoms with Crippen LogP contribution in [-0.4, -0.2) is 16.1 Å². The number of aromatic nitrogens is 1. The van der Waals surface area contributed by atoms with Crippen LogP contribution in [-0.2, 0) is 13.0 Å². The summed E-state index contributed by atoms with van der Waals surface area (Å²) in [6.07, 6.45) is 2.81. The molecule has 2 heterocycles. The third kappa shape index (κ3) is 2.00. The average Bonchev–Trinajstić information content (AvgIpc) is 2.75. The Balaban J connectivity index is 2.07. The molecule has 0 fully saturated rings. The third-order valence-electron chi connectivity index (χ3n) is 3.73. The van der Waals surface area contributed by atoms with Gasteiger partial charge in [0.2, 0.25) is 0 Å². The molecular formula is C16H18N2O. The molecule has 98 valence electrons. The molecule has 1 aliphatic heterocycles. The molecule has 2 aromatic rings. The molecular weight excluding hydrogens is 236 g/mol. The van der Waals surface area contributed by atoms with Gasteiger partial charge in [-0.05, 0) is 49.1 Å². The van der Waals surface area contributed by atoms with Crippen molar-refractivity contribution in [3.8, 4) is 0 Å². The number of aryl methyl sites for hydroxylation is 1. The van der Waals surface area contributed by atoms with Gasteiger partial charge >= 0.3 is 0 Å². The largest absolute Gasteiger partial charge is 0.392 e. The van der Waals surface area contributed by atoms with Gasteiger partial charge in [0, 0.05) is 17.9 Å². The van der Waals surface area contributed by atoms with E-state index >= 15 is 0 Å². The quantitative estimate of drug-likeness (QED) is 0.895. The Morgan fingerprint density at radius 2 is 2.16 bits per heavy atom. The van der Waals surface area contributed by atoms with Crippen LogP contribution in [0.5, 0.6) is 0 Å². The van der Waals surface area contributed by atoms with Crippen molar-refractivity contribution in [3.63, 3.8) is 0 Å². The number of aliphatic hydroxyl groups excluding tert-OH is 1. The maximum Gasteiger partial charge on any atom is 0.136 e. The van der Waals surface area contributed by atoms with Gasteiger partial charge in [-0.3, -0.25) is 0 Å². The van der Waals surface area contributed by atoms with Crippen LogP contribution in [0.25, 0.3) is 0 Å². The highest BCUT2D eigenvalue weighted by atomic mass is 16.3. The van der Waals surface area contributed by atoms with Gasteiger partial charge in [-0.2, -0.15) is 0 Å². The lowest BCUT2D eigenvalue weighted by atomic mass is 10.1. The van der Waals surface area contributed by atoms with Crippen LogP contribution in [0.4, 0.5) is 11.5 Å². The highest BCUT2D eigenvalue weighted by Crippen LogP contribution is 2.38. The number of aliphatic hydroxyl groups is 1. The number of hydrogen-bond acceptors (Lipinski definition) is 3. The molecule has 1 aromatic heterocycles. The molecule has 0 spiro atoms. The molecule has 3 rings (SSSR count). The molecule has 0 bridgehead atoms. The van der Waals surface area contributed by atoms with E-state index in [2.05, 4.69) is 48.0 Å². The third-order valence-corrected chi connectivity index (χ3v) is 3.73. The van der Waals surface area contributed by atoms with Gasteiger partial charge in [0.15, 0.2) is 0 Å². The lowest BCUT2D eigenvalue weighted by Crippen LogP contribution is -2.25. The Kier molecular flexibility index (Phi) is 2.99. The van der Waals surface area contributed by atoms with Gasteiger partial charge in [-0.15, -0.1) is 0 Å². The SMILES string of the molecule is Cc1cc(CO)cnc1N1c2ccccc2CC1C. The van der Waals surface area contributed by atoms with Gasteiger partial charge < -0.3 is 10.0 Å².